The van der Waals surface area contributed by atoms with Crippen molar-refractivity contribution in [1.29, 1.82) is 0 Å². The number of unbranched alkanes of at least 4 members (excludes halogenated alkanes) is 1. The van der Waals surface area contributed by atoms with Gasteiger partial charge in [-0.05, 0) is 38.0 Å². The van der Waals surface area contributed by atoms with Gasteiger partial charge < -0.3 is 14.3 Å². The summed E-state index contributed by atoms with van der Waals surface area (Å²) >= 11 is 23.5. The van der Waals surface area contributed by atoms with Crippen LogP contribution in [-0.2, 0) is 4.84 Å². The number of nitrogens with zero attached hydrogens (tertiary/aromatic N) is 2. The molecule has 0 amide bonds. The maximum atomic E-state index is 6.23. The second-order valence-electron chi connectivity index (χ2n) is 5.80. The Bertz CT molecular complexity index is 818. The molecule has 156 valence electrons. The van der Waals surface area contributed by atoms with Crippen molar-refractivity contribution < 1.29 is 14.3 Å². The zero-order valence-electron chi connectivity index (χ0n) is 15.7. The summed E-state index contributed by atoms with van der Waals surface area (Å²) < 4.78 is 11.3. The van der Waals surface area contributed by atoms with Crippen LogP contribution in [0.1, 0.15) is 25.5 Å². The fourth-order valence-corrected chi connectivity index (χ4v) is 2.87. The summed E-state index contributed by atoms with van der Waals surface area (Å²) in [4.78, 5) is 9.53. The van der Waals surface area contributed by atoms with Crippen molar-refractivity contribution in [1.82, 2.24) is 4.98 Å². The maximum absolute atomic E-state index is 6.23. The topological polar surface area (TPSA) is 52.9 Å². The van der Waals surface area contributed by atoms with E-state index in [2.05, 4.69) is 10.1 Å². The van der Waals surface area contributed by atoms with E-state index < -0.39 is 0 Å². The number of hydrogen-bond acceptors (Lipinski definition) is 5. The molecule has 0 aliphatic rings. The van der Waals surface area contributed by atoms with Crippen molar-refractivity contribution in [3.63, 3.8) is 0 Å². The highest BCUT2D eigenvalue weighted by atomic mass is 35.5. The number of hydrogen-bond donors (Lipinski definition) is 0. The van der Waals surface area contributed by atoms with Gasteiger partial charge >= 0.3 is 0 Å². The Kier molecular flexibility index (Phi) is 10.4. The number of aromatic nitrogens is 1. The minimum atomic E-state index is 0.128. The maximum Gasteiger partial charge on any atom is 0.156 e. The van der Waals surface area contributed by atoms with E-state index in [1.54, 1.807) is 18.3 Å². The van der Waals surface area contributed by atoms with Crippen LogP contribution in [0.25, 0.3) is 0 Å². The Balaban J connectivity index is 1.71. The molecule has 1 aromatic carbocycles. The van der Waals surface area contributed by atoms with E-state index in [0.717, 1.165) is 24.2 Å². The number of pyridine rings is 1. The summed E-state index contributed by atoms with van der Waals surface area (Å²) in [6.45, 7) is 2.97. The van der Waals surface area contributed by atoms with Crippen LogP contribution in [-0.4, -0.2) is 30.5 Å². The Hall–Kier alpha value is -1.66. The zero-order valence-corrected chi connectivity index (χ0v) is 18.7. The zero-order chi connectivity index (χ0) is 21.1. The molecule has 0 radical (unpaired) electrons. The summed E-state index contributed by atoms with van der Waals surface area (Å²) in [7, 11) is 0. The molecule has 0 bridgehead atoms. The van der Waals surface area contributed by atoms with Gasteiger partial charge in [0.05, 0.1) is 22.3 Å². The third-order valence-corrected chi connectivity index (χ3v) is 4.44. The molecular formula is C20H20Cl4N2O3. The van der Waals surface area contributed by atoms with Crippen LogP contribution in [0.15, 0.2) is 52.3 Å². The SMILES string of the molecule is CC(=NOCCCCOc1c(Cl)cc(OCC=C(Cl)Cl)cc1Cl)c1ccccn1. The van der Waals surface area contributed by atoms with Gasteiger partial charge in [-0.25, -0.2) is 0 Å². The first-order valence-corrected chi connectivity index (χ1v) is 10.3. The first-order chi connectivity index (χ1) is 14.0. The Morgan fingerprint density at radius 2 is 1.79 bits per heavy atom. The number of rotatable bonds is 11. The lowest BCUT2D eigenvalue weighted by atomic mass is 10.3. The smallest absolute Gasteiger partial charge is 0.156 e. The van der Waals surface area contributed by atoms with Crippen LogP contribution >= 0.6 is 46.4 Å². The molecule has 0 aliphatic carbocycles. The van der Waals surface area contributed by atoms with Gasteiger partial charge in [-0.2, -0.15) is 0 Å². The second-order valence-corrected chi connectivity index (χ2v) is 7.62. The van der Waals surface area contributed by atoms with Crippen LogP contribution in [0.3, 0.4) is 0 Å². The van der Waals surface area contributed by atoms with E-state index in [0.29, 0.717) is 34.8 Å². The standard InChI is InChI=1S/C20H20Cl4N2O3/c1-14(18-6-2-3-8-25-18)26-29-10-5-4-9-28-20-16(21)12-15(13-17(20)22)27-11-7-19(23)24/h2-3,6-8,12-13H,4-5,9-11H2,1H3. The van der Waals surface area contributed by atoms with Gasteiger partial charge in [0.15, 0.2) is 5.75 Å². The lowest BCUT2D eigenvalue weighted by Gasteiger charge is -2.12. The summed E-state index contributed by atoms with van der Waals surface area (Å²) in [5, 5.41) is 4.78. The lowest BCUT2D eigenvalue weighted by Crippen LogP contribution is -2.02. The van der Waals surface area contributed by atoms with Crippen LogP contribution in [0.5, 0.6) is 11.5 Å². The normalized spacial score (nSPS) is 11.1. The van der Waals surface area contributed by atoms with E-state index in [1.807, 2.05) is 25.1 Å². The fraction of sp³-hybridized carbons (Fsp3) is 0.300. The number of oxime groups is 1. The number of ether oxygens (including phenoxy) is 2. The predicted molar refractivity (Wildman–Crippen MR) is 119 cm³/mol. The molecule has 9 heteroatoms. The van der Waals surface area contributed by atoms with Gasteiger partial charge in [0.1, 0.15) is 29.2 Å². The summed E-state index contributed by atoms with van der Waals surface area (Å²) in [6, 6.07) is 8.88. The molecule has 2 aromatic rings. The molecule has 0 spiro atoms. The van der Waals surface area contributed by atoms with Gasteiger partial charge in [0, 0.05) is 18.3 Å². The van der Waals surface area contributed by atoms with Crippen molar-refractivity contribution in [3.8, 4) is 11.5 Å². The molecule has 29 heavy (non-hydrogen) atoms. The largest absolute Gasteiger partial charge is 0.490 e. The highest BCUT2D eigenvalue weighted by Crippen LogP contribution is 2.37. The van der Waals surface area contributed by atoms with E-state index in [9.17, 15) is 0 Å². The van der Waals surface area contributed by atoms with Crippen molar-refractivity contribution in [2.45, 2.75) is 19.8 Å². The van der Waals surface area contributed by atoms with Crippen molar-refractivity contribution in [2.24, 2.45) is 5.16 Å². The predicted octanol–water partition coefficient (Wildman–Crippen LogP) is 6.69. The minimum absolute atomic E-state index is 0.128. The highest BCUT2D eigenvalue weighted by molar-refractivity contribution is 6.55. The number of halogens is 4. The van der Waals surface area contributed by atoms with Crippen LogP contribution < -0.4 is 9.47 Å². The molecule has 0 fully saturated rings. The average Bonchev–Trinajstić information content (AvgIpc) is 2.69. The molecule has 0 saturated heterocycles. The molecule has 1 heterocycles. The molecule has 5 nitrogen and oxygen atoms in total. The van der Waals surface area contributed by atoms with Gasteiger partial charge in [-0.15, -0.1) is 0 Å². The third-order valence-electron chi connectivity index (χ3n) is 3.57. The Labute approximate surface area is 190 Å². The van der Waals surface area contributed by atoms with E-state index >= 15 is 0 Å². The quantitative estimate of drug-likeness (QED) is 0.205. The fourth-order valence-electron chi connectivity index (χ4n) is 2.17. The molecule has 0 aliphatic heterocycles. The molecule has 0 N–H and O–H groups in total. The first-order valence-electron chi connectivity index (χ1n) is 8.81. The monoisotopic (exact) mass is 476 g/mol. The van der Waals surface area contributed by atoms with Crippen molar-refractivity contribution >= 4 is 52.1 Å². The van der Waals surface area contributed by atoms with E-state index in [4.69, 9.17) is 60.7 Å². The molecular weight excluding hydrogens is 458 g/mol. The molecule has 1 aromatic heterocycles. The summed E-state index contributed by atoms with van der Waals surface area (Å²) in [6.07, 6.45) is 4.75. The van der Waals surface area contributed by atoms with Gasteiger partial charge in [-0.1, -0.05) is 57.6 Å². The summed E-state index contributed by atoms with van der Waals surface area (Å²) in [5.74, 6) is 0.907. The molecule has 2 rings (SSSR count). The third kappa shape index (κ3) is 8.70. The van der Waals surface area contributed by atoms with Crippen molar-refractivity contribution in [2.75, 3.05) is 19.8 Å². The van der Waals surface area contributed by atoms with Crippen LogP contribution in [0.2, 0.25) is 10.0 Å². The number of benzene rings is 1. The van der Waals surface area contributed by atoms with Crippen LogP contribution in [0.4, 0.5) is 0 Å². The van der Waals surface area contributed by atoms with Gasteiger partial charge in [0.2, 0.25) is 0 Å². The van der Waals surface area contributed by atoms with E-state index in [1.165, 1.54) is 6.08 Å². The second kappa shape index (κ2) is 12.8. The van der Waals surface area contributed by atoms with Gasteiger partial charge in [0.25, 0.3) is 0 Å². The van der Waals surface area contributed by atoms with E-state index in [-0.39, 0.29) is 11.1 Å². The van der Waals surface area contributed by atoms with Crippen molar-refractivity contribution in [3.05, 3.63) is 62.8 Å². The van der Waals surface area contributed by atoms with Gasteiger partial charge in [-0.3, -0.25) is 4.98 Å². The minimum Gasteiger partial charge on any atom is -0.490 e. The Morgan fingerprint density at radius 3 is 2.45 bits per heavy atom. The molecule has 0 atom stereocenters. The first kappa shape index (κ1) is 23.6. The lowest BCUT2D eigenvalue weighted by molar-refractivity contribution is 0.135. The van der Waals surface area contributed by atoms with Crippen LogP contribution in [0, 0.1) is 0 Å². The summed E-state index contributed by atoms with van der Waals surface area (Å²) in [5.41, 5.74) is 1.51. The highest BCUT2D eigenvalue weighted by Gasteiger charge is 2.10. The average molecular weight is 478 g/mol. The molecule has 0 unspecified atom stereocenters. The Morgan fingerprint density at radius 1 is 1.07 bits per heavy atom. The molecule has 0 saturated carbocycles.